The predicted octanol–water partition coefficient (Wildman–Crippen LogP) is 3.99. The van der Waals surface area contributed by atoms with Crippen LogP contribution in [-0.2, 0) is 21.4 Å². The van der Waals surface area contributed by atoms with Gasteiger partial charge in [0.25, 0.3) is 15.9 Å². The minimum absolute atomic E-state index is 0.0600. The molecule has 3 aromatic carbocycles. The normalized spacial score (nSPS) is 15.5. The maximum atomic E-state index is 13.5. The first-order valence-electron chi connectivity index (χ1n) is 11.1. The first kappa shape index (κ1) is 23.1. The van der Waals surface area contributed by atoms with Crippen LogP contribution in [0.4, 0.5) is 11.4 Å². The SMILES string of the molecule is CCn1c(=O)sc2cc(NC(=O)C3CN(S(=O)(=O)c4ccccc4)c4cc(C)ccc4O3)ccc21. The fourth-order valence-electron chi connectivity index (χ4n) is 4.11. The van der Waals surface area contributed by atoms with E-state index in [9.17, 15) is 18.0 Å². The number of aryl methyl sites for hydroxylation is 2. The molecule has 0 aliphatic carbocycles. The molecule has 1 aliphatic rings. The number of carbonyl (C=O) groups is 1. The van der Waals surface area contributed by atoms with Crippen molar-refractivity contribution >= 4 is 48.9 Å². The fourth-order valence-corrected chi connectivity index (χ4v) is 6.59. The maximum Gasteiger partial charge on any atom is 0.308 e. The highest BCUT2D eigenvalue weighted by atomic mass is 32.2. The van der Waals surface area contributed by atoms with Crippen LogP contribution in [0.3, 0.4) is 0 Å². The monoisotopic (exact) mass is 509 g/mol. The predicted molar refractivity (Wildman–Crippen MR) is 137 cm³/mol. The zero-order valence-electron chi connectivity index (χ0n) is 19.1. The lowest BCUT2D eigenvalue weighted by Crippen LogP contribution is -2.48. The van der Waals surface area contributed by atoms with Gasteiger partial charge in [0.1, 0.15) is 5.75 Å². The molecule has 180 valence electrons. The molecule has 0 saturated heterocycles. The highest BCUT2D eigenvalue weighted by Gasteiger charge is 2.37. The fraction of sp³-hybridized carbons (Fsp3) is 0.200. The first-order chi connectivity index (χ1) is 16.8. The Morgan fingerprint density at radius 2 is 1.89 bits per heavy atom. The average Bonchev–Trinajstić information content (AvgIpc) is 3.17. The largest absolute Gasteiger partial charge is 0.476 e. The first-order valence-corrected chi connectivity index (χ1v) is 13.3. The summed E-state index contributed by atoms with van der Waals surface area (Å²) in [6.07, 6.45) is -1.07. The zero-order chi connectivity index (χ0) is 24.7. The number of hydrogen-bond acceptors (Lipinski definition) is 6. The Morgan fingerprint density at radius 3 is 2.63 bits per heavy atom. The summed E-state index contributed by atoms with van der Waals surface area (Å²) >= 11 is 1.11. The number of benzene rings is 3. The van der Waals surface area contributed by atoms with Gasteiger partial charge < -0.3 is 10.1 Å². The van der Waals surface area contributed by atoms with E-state index in [-0.39, 0.29) is 16.3 Å². The molecule has 10 heteroatoms. The highest BCUT2D eigenvalue weighted by molar-refractivity contribution is 7.92. The van der Waals surface area contributed by atoms with Crippen molar-refractivity contribution in [2.24, 2.45) is 0 Å². The summed E-state index contributed by atoms with van der Waals surface area (Å²) in [4.78, 5) is 25.4. The van der Waals surface area contributed by atoms with Gasteiger partial charge in [-0.25, -0.2) is 8.42 Å². The van der Waals surface area contributed by atoms with E-state index in [1.165, 1.54) is 16.4 Å². The lowest BCUT2D eigenvalue weighted by Gasteiger charge is -2.35. The Kier molecular flexibility index (Phi) is 5.86. The number of hydrogen-bond donors (Lipinski definition) is 1. The van der Waals surface area contributed by atoms with Crippen LogP contribution < -0.4 is 19.2 Å². The molecule has 1 unspecified atom stereocenters. The summed E-state index contributed by atoms with van der Waals surface area (Å²) in [6.45, 7) is 4.15. The van der Waals surface area contributed by atoms with Gasteiger partial charge in [0.05, 0.1) is 27.3 Å². The van der Waals surface area contributed by atoms with Crippen LogP contribution >= 0.6 is 11.3 Å². The average molecular weight is 510 g/mol. The molecule has 1 aliphatic heterocycles. The van der Waals surface area contributed by atoms with Gasteiger partial charge >= 0.3 is 4.87 Å². The van der Waals surface area contributed by atoms with Crippen LogP contribution in [0.5, 0.6) is 5.75 Å². The molecule has 0 spiro atoms. The summed E-state index contributed by atoms with van der Waals surface area (Å²) in [5.74, 6) is -0.165. The second kappa shape index (κ2) is 8.86. The standard InChI is InChI=1S/C25H23N3O5S2/c1-3-27-19-11-10-17(14-23(19)34-25(27)30)26-24(29)22-15-28(20-13-16(2)9-12-21(20)33-22)35(31,32)18-7-5-4-6-8-18/h4-14,22H,3,15H2,1-2H3,(H,26,29). The third-order valence-corrected chi connectivity index (χ3v) is 8.60. The molecular formula is C25H23N3O5S2. The summed E-state index contributed by atoms with van der Waals surface area (Å²) < 4.78 is 36.6. The lowest BCUT2D eigenvalue weighted by molar-refractivity contribution is -0.122. The van der Waals surface area contributed by atoms with Gasteiger partial charge in [-0.2, -0.15) is 0 Å². The number of ether oxygens (including phenoxy) is 1. The van der Waals surface area contributed by atoms with Gasteiger partial charge in [0, 0.05) is 12.2 Å². The highest BCUT2D eigenvalue weighted by Crippen LogP contribution is 2.38. The Bertz CT molecular complexity index is 1590. The minimum Gasteiger partial charge on any atom is -0.476 e. The van der Waals surface area contributed by atoms with Crippen LogP contribution in [0.1, 0.15) is 12.5 Å². The quantitative estimate of drug-likeness (QED) is 0.439. The number of aromatic nitrogens is 1. The van der Waals surface area contributed by atoms with Gasteiger partial charge in [-0.15, -0.1) is 0 Å². The summed E-state index contributed by atoms with van der Waals surface area (Å²) in [7, 11) is -3.93. The summed E-state index contributed by atoms with van der Waals surface area (Å²) in [5.41, 5.74) is 2.57. The van der Waals surface area contributed by atoms with E-state index in [4.69, 9.17) is 4.74 Å². The number of fused-ring (bicyclic) bond motifs is 2. The molecular weight excluding hydrogens is 486 g/mol. The molecule has 0 radical (unpaired) electrons. The van der Waals surface area contributed by atoms with E-state index >= 15 is 0 Å². The Hall–Kier alpha value is -3.63. The van der Waals surface area contributed by atoms with Crippen LogP contribution in [0.15, 0.2) is 76.4 Å². The molecule has 0 bridgehead atoms. The van der Waals surface area contributed by atoms with E-state index in [0.717, 1.165) is 27.1 Å². The number of anilines is 2. The van der Waals surface area contributed by atoms with Crippen molar-refractivity contribution in [3.63, 3.8) is 0 Å². The number of rotatable bonds is 5. The Labute approximate surface area is 206 Å². The van der Waals surface area contributed by atoms with Crippen molar-refractivity contribution in [2.75, 3.05) is 16.2 Å². The maximum absolute atomic E-state index is 13.5. The summed E-state index contributed by atoms with van der Waals surface area (Å²) in [6, 6.07) is 18.6. The van der Waals surface area contributed by atoms with E-state index in [2.05, 4.69) is 5.32 Å². The number of thiazole rings is 1. The number of nitrogens with one attached hydrogen (secondary N) is 1. The van der Waals surface area contributed by atoms with Crippen LogP contribution in [0.2, 0.25) is 0 Å². The van der Waals surface area contributed by atoms with Gasteiger partial charge in [-0.05, 0) is 61.9 Å². The lowest BCUT2D eigenvalue weighted by atomic mass is 10.1. The molecule has 1 N–H and O–H groups in total. The van der Waals surface area contributed by atoms with E-state index in [0.29, 0.717) is 23.7 Å². The van der Waals surface area contributed by atoms with Gasteiger partial charge in [0.2, 0.25) is 0 Å². The Balaban J connectivity index is 1.47. The molecule has 1 amide bonds. The molecule has 5 rings (SSSR count). The second-order valence-electron chi connectivity index (χ2n) is 8.21. The second-order valence-corrected chi connectivity index (χ2v) is 11.1. The molecule has 0 fully saturated rings. The van der Waals surface area contributed by atoms with Crippen molar-refractivity contribution in [1.82, 2.24) is 4.57 Å². The van der Waals surface area contributed by atoms with Crippen molar-refractivity contribution in [1.29, 1.82) is 0 Å². The molecule has 1 aromatic heterocycles. The number of carbonyl (C=O) groups excluding carboxylic acids is 1. The van der Waals surface area contributed by atoms with Crippen LogP contribution in [0, 0.1) is 6.92 Å². The molecule has 0 saturated carbocycles. The summed E-state index contributed by atoms with van der Waals surface area (Å²) in [5, 5.41) is 2.81. The van der Waals surface area contributed by atoms with Crippen molar-refractivity contribution in [3.05, 3.63) is 82.0 Å². The molecule has 8 nitrogen and oxygen atoms in total. The van der Waals surface area contributed by atoms with E-state index in [1.54, 1.807) is 59.2 Å². The number of sulfonamides is 1. The van der Waals surface area contributed by atoms with Crippen molar-refractivity contribution in [2.45, 2.75) is 31.4 Å². The molecule has 4 aromatic rings. The molecule has 1 atom stereocenters. The molecule has 35 heavy (non-hydrogen) atoms. The third-order valence-electron chi connectivity index (χ3n) is 5.86. The minimum atomic E-state index is -3.93. The van der Waals surface area contributed by atoms with E-state index < -0.39 is 22.0 Å². The van der Waals surface area contributed by atoms with Crippen LogP contribution in [0.25, 0.3) is 10.2 Å². The van der Waals surface area contributed by atoms with Crippen molar-refractivity contribution in [3.8, 4) is 5.75 Å². The topological polar surface area (TPSA) is 97.7 Å². The Morgan fingerprint density at radius 1 is 1.11 bits per heavy atom. The van der Waals surface area contributed by atoms with Crippen LogP contribution in [-0.4, -0.2) is 31.5 Å². The number of amides is 1. The molecule has 2 heterocycles. The van der Waals surface area contributed by atoms with E-state index in [1.807, 2.05) is 13.8 Å². The number of nitrogens with zero attached hydrogens (tertiary/aromatic N) is 2. The third kappa shape index (κ3) is 4.19. The van der Waals surface area contributed by atoms with Gasteiger partial charge in [-0.3, -0.25) is 18.5 Å². The smallest absolute Gasteiger partial charge is 0.308 e. The van der Waals surface area contributed by atoms with Gasteiger partial charge in [0.15, 0.2) is 6.10 Å². The van der Waals surface area contributed by atoms with Gasteiger partial charge in [-0.1, -0.05) is 35.6 Å². The zero-order valence-corrected chi connectivity index (χ0v) is 20.7. The van der Waals surface area contributed by atoms with Crippen molar-refractivity contribution < 1.29 is 17.9 Å².